The van der Waals surface area contributed by atoms with Crippen molar-refractivity contribution in [3.8, 4) is 11.3 Å². The number of anilines is 2. The maximum atomic E-state index is 12.1. The zero-order chi connectivity index (χ0) is 18.7. The Morgan fingerprint density at radius 2 is 1.92 bits per heavy atom. The lowest BCUT2D eigenvalue weighted by molar-refractivity contribution is -0.124. The van der Waals surface area contributed by atoms with E-state index in [0.717, 1.165) is 29.8 Å². The van der Waals surface area contributed by atoms with Gasteiger partial charge in [0, 0.05) is 28.7 Å². The molecule has 0 unspecified atom stereocenters. The van der Waals surface area contributed by atoms with Gasteiger partial charge in [-0.05, 0) is 25.0 Å². The van der Waals surface area contributed by atoms with Gasteiger partial charge in [0.05, 0.1) is 5.69 Å². The average molecular weight is 373 g/mol. The van der Waals surface area contributed by atoms with E-state index in [1.54, 1.807) is 0 Å². The van der Waals surface area contributed by atoms with Crippen LogP contribution < -0.4 is 10.6 Å². The van der Waals surface area contributed by atoms with Gasteiger partial charge in [0.1, 0.15) is 6.10 Å². The quantitative estimate of drug-likeness (QED) is 0.851. The molecule has 7 heteroatoms. The van der Waals surface area contributed by atoms with Gasteiger partial charge in [-0.15, -0.1) is 11.3 Å². The molecule has 1 atom stereocenters. The van der Waals surface area contributed by atoms with E-state index in [4.69, 9.17) is 4.74 Å². The Morgan fingerprint density at radius 1 is 1.19 bits per heavy atom. The van der Waals surface area contributed by atoms with Crippen molar-refractivity contribution < 1.29 is 14.3 Å². The first-order valence-electron chi connectivity index (χ1n) is 8.63. The zero-order valence-electron chi connectivity index (χ0n) is 15.2. The zero-order valence-corrected chi connectivity index (χ0v) is 16.0. The summed E-state index contributed by atoms with van der Waals surface area (Å²) in [6.07, 6.45) is 1.30. The molecule has 26 heavy (non-hydrogen) atoms. The third kappa shape index (κ3) is 4.47. The second-order valence-corrected chi connectivity index (χ2v) is 8.17. The Hall–Kier alpha value is -2.25. The minimum absolute atomic E-state index is 0.0296. The van der Waals surface area contributed by atoms with Crippen LogP contribution >= 0.6 is 11.3 Å². The van der Waals surface area contributed by atoms with Gasteiger partial charge in [0.2, 0.25) is 5.91 Å². The number of hydrogen-bond donors (Lipinski definition) is 2. The van der Waals surface area contributed by atoms with E-state index in [1.165, 1.54) is 11.3 Å². The van der Waals surface area contributed by atoms with Gasteiger partial charge in [-0.25, -0.2) is 4.98 Å². The number of aromatic nitrogens is 1. The van der Waals surface area contributed by atoms with Gasteiger partial charge >= 0.3 is 0 Å². The topological polar surface area (TPSA) is 80.3 Å². The molecule has 0 aliphatic carbocycles. The minimum Gasteiger partial charge on any atom is -0.368 e. The van der Waals surface area contributed by atoms with Crippen LogP contribution in [0.3, 0.4) is 0 Å². The van der Waals surface area contributed by atoms with Gasteiger partial charge in [-0.2, -0.15) is 0 Å². The Balaban J connectivity index is 1.63. The third-order valence-electron chi connectivity index (χ3n) is 4.08. The molecule has 2 amide bonds. The summed E-state index contributed by atoms with van der Waals surface area (Å²) in [5.41, 5.74) is 2.01. The van der Waals surface area contributed by atoms with Crippen LogP contribution in [0.4, 0.5) is 10.8 Å². The van der Waals surface area contributed by atoms with Crippen LogP contribution in [0.1, 0.15) is 33.6 Å². The monoisotopic (exact) mass is 373 g/mol. The number of hydrogen-bond acceptors (Lipinski definition) is 5. The summed E-state index contributed by atoms with van der Waals surface area (Å²) in [4.78, 5) is 28.6. The predicted molar refractivity (Wildman–Crippen MR) is 103 cm³/mol. The second kappa shape index (κ2) is 7.55. The SMILES string of the molecule is CC(C)(C)C(=O)Nc1ccc(-c2csc(NC(=O)[C@H]3CCCO3)n2)cc1. The summed E-state index contributed by atoms with van der Waals surface area (Å²) >= 11 is 1.38. The Labute approximate surface area is 157 Å². The molecule has 1 aromatic heterocycles. The fourth-order valence-corrected chi connectivity index (χ4v) is 3.20. The van der Waals surface area contributed by atoms with Crippen LogP contribution in [-0.2, 0) is 14.3 Å². The maximum Gasteiger partial charge on any atom is 0.255 e. The maximum absolute atomic E-state index is 12.1. The lowest BCUT2D eigenvalue weighted by Crippen LogP contribution is -2.27. The Bertz CT molecular complexity index is 787. The summed E-state index contributed by atoms with van der Waals surface area (Å²) in [5.74, 6) is -0.165. The fraction of sp³-hybridized carbons (Fsp3) is 0.421. The summed E-state index contributed by atoms with van der Waals surface area (Å²) in [6, 6.07) is 7.50. The molecule has 1 aromatic carbocycles. The van der Waals surface area contributed by atoms with Crippen molar-refractivity contribution in [3.63, 3.8) is 0 Å². The number of rotatable bonds is 4. The van der Waals surface area contributed by atoms with E-state index in [2.05, 4.69) is 15.6 Å². The highest BCUT2D eigenvalue weighted by molar-refractivity contribution is 7.14. The van der Waals surface area contributed by atoms with E-state index < -0.39 is 5.41 Å². The lowest BCUT2D eigenvalue weighted by atomic mass is 9.95. The standard InChI is InChI=1S/C19H23N3O3S/c1-19(2,3)17(24)20-13-8-6-12(7-9-13)14-11-26-18(21-14)22-16(23)15-5-4-10-25-15/h6-9,11,15H,4-5,10H2,1-3H3,(H,20,24)(H,21,22,23)/t15-/m1/s1. The first-order chi connectivity index (χ1) is 12.3. The van der Waals surface area contributed by atoms with Crippen molar-refractivity contribution >= 4 is 34.0 Å². The number of carbonyl (C=O) groups is 2. The highest BCUT2D eigenvalue weighted by Crippen LogP contribution is 2.27. The third-order valence-corrected chi connectivity index (χ3v) is 4.83. The van der Waals surface area contributed by atoms with Gasteiger partial charge < -0.3 is 10.1 Å². The molecule has 1 fully saturated rings. The van der Waals surface area contributed by atoms with Crippen molar-refractivity contribution in [2.45, 2.75) is 39.7 Å². The number of carbonyl (C=O) groups excluding carboxylic acids is 2. The molecule has 138 valence electrons. The largest absolute Gasteiger partial charge is 0.368 e. The predicted octanol–water partition coefficient (Wildman–Crippen LogP) is 3.91. The number of nitrogens with one attached hydrogen (secondary N) is 2. The first kappa shape index (κ1) is 18.5. The van der Waals surface area contributed by atoms with Gasteiger partial charge in [-0.1, -0.05) is 32.9 Å². The molecular formula is C19H23N3O3S. The normalized spacial score (nSPS) is 17.1. The number of nitrogens with zero attached hydrogens (tertiary/aromatic N) is 1. The highest BCUT2D eigenvalue weighted by atomic mass is 32.1. The van der Waals surface area contributed by atoms with Crippen LogP contribution in [0.25, 0.3) is 11.3 Å². The molecule has 2 aromatic rings. The molecule has 1 saturated heterocycles. The van der Waals surface area contributed by atoms with Gasteiger partial charge in [0.25, 0.3) is 5.91 Å². The van der Waals surface area contributed by atoms with Crippen LogP contribution in [-0.4, -0.2) is 29.5 Å². The molecule has 1 aliphatic rings. The molecule has 0 bridgehead atoms. The molecule has 2 heterocycles. The van der Waals surface area contributed by atoms with Gasteiger partial charge in [0.15, 0.2) is 5.13 Å². The van der Waals surface area contributed by atoms with Crippen molar-refractivity contribution in [1.82, 2.24) is 4.98 Å². The summed E-state index contributed by atoms with van der Waals surface area (Å²) in [7, 11) is 0. The van der Waals surface area contributed by atoms with E-state index >= 15 is 0 Å². The molecule has 2 N–H and O–H groups in total. The number of thiazole rings is 1. The summed E-state index contributed by atoms with van der Waals surface area (Å²) < 4.78 is 5.38. The molecular weight excluding hydrogens is 350 g/mol. The fourth-order valence-electron chi connectivity index (χ4n) is 2.48. The molecule has 0 radical (unpaired) electrons. The number of amides is 2. The van der Waals surface area contributed by atoms with E-state index in [0.29, 0.717) is 11.7 Å². The smallest absolute Gasteiger partial charge is 0.255 e. The summed E-state index contributed by atoms with van der Waals surface area (Å²) in [5, 5.41) is 8.17. The summed E-state index contributed by atoms with van der Waals surface area (Å²) in [6.45, 7) is 6.26. The number of benzene rings is 1. The molecule has 3 rings (SSSR count). The molecule has 6 nitrogen and oxygen atoms in total. The molecule has 1 aliphatic heterocycles. The lowest BCUT2D eigenvalue weighted by Gasteiger charge is -2.17. The van der Waals surface area contributed by atoms with Crippen LogP contribution in [0.5, 0.6) is 0 Å². The van der Waals surface area contributed by atoms with E-state index in [1.807, 2.05) is 50.4 Å². The second-order valence-electron chi connectivity index (χ2n) is 7.31. The van der Waals surface area contributed by atoms with Crippen molar-refractivity contribution in [3.05, 3.63) is 29.6 Å². The van der Waals surface area contributed by atoms with Crippen LogP contribution in [0.2, 0.25) is 0 Å². The highest BCUT2D eigenvalue weighted by Gasteiger charge is 2.24. The Kier molecular flexibility index (Phi) is 5.38. The van der Waals surface area contributed by atoms with Gasteiger partial charge in [-0.3, -0.25) is 14.9 Å². The van der Waals surface area contributed by atoms with E-state index in [9.17, 15) is 9.59 Å². The van der Waals surface area contributed by atoms with Crippen molar-refractivity contribution in [1.29, 1.82) is 0 Å². The van der Waals surface area contributed by atoms with Crippen LogP contribution in [0.15, 0.2) is 29.6 Å². The van der Waals surface area contributed by atoms with E-state index in [-0.39, 0.29) is 17.9 Å². The van der Waals surface area contributed by atoms with Crippen molar-refractivity contribution in [2.75, 3.05) is 17.2 Å². The average Bonchev–Trinajstić information content (AvgIpc) is 3.26. The number of ether oxygens (including phenoxy) is 1. The first-order valence-corrected chi connectivity index (χ1v) is 9.51. The van der Waals surface area contributed by atoms with Crippen LogP contribution in [0, 0.1) is 5.41 Å². The minimum atomic E-state index is -0.441. The molecule has 0 saturated carbocycles. The van der Waals surface area contributed by atoms with Crippen molar-refractivity contribution in [2.24, 2.45) is 5.41 Å². The molecule has 0 spiro atoms. The Morgan fingerprint density at radius 3 is 2.54 bits per heavy atom.